The summed E-state index contributed by atoms with van der Waals surface area (Å²) in [7, 11) is 0. The van der Waals surface area contributed by atoms with Gasteiger partial charge >= 0.3 is 0 Å². The molecule has 0 bridgehead atoms. The molecular weight excluding hydrogens is 298 g/mol. The summed E-state index contributed by atoms with van der Waals surface area (Å²) in [6.45, 7) is 3.27. The third-order valence-electron chi connectivity index (χ3n) is 3.80. The minimum Gasteiger partial charge on any atom is -0.490 e. The number of carbonyl (C=O) groups excluding carboxylic acids is 1. The predicted octanol–water partition coefficient (Wildman–Crippen LogP) is 1.07. The average Bonchev–Trinajstić information content (AvgIpc) is 2.95. The Labute approximate surface area is 133 Å². The molecule has 7 nitrogen and oxygen atoms in total. The fourth-order valence-electron chi connectivity index (χ4n) is 2.62. The first-order valence-electron chi connectivity index (χ1n) is 7.60. The molecule has 0 fully saturated rings. The van der Waals surface area contributed by atoms with Crippen LogP contribution >= 0.6 is 0 Å². The first kappa shape index (κ1) is 15.2. The summed E-state index contributed by atoms with van der Waals surface area (Å²) in [5.41, 5.74) is 1.40. The van der Waals surface area contributed by atoms with Gasteiger partial charge in [-0.25, -0.2) is 0 Å². The molecule has 1 aromatic carbocycles. The Hall–Kier alpha value is -2.70. The van der Waals surface area contributed by atoms with E-state index >= 15 is 0 Å². The van der Waals surface area contributed by atoms with Gasteiger partial charge in [0.05, 0.1) is 18.8 Å². The van der Waals surface area contributed by atoms with Crippen molar-refractivity contribution < 1.29 is 14.3 Å². The van der Waals surface area contributed by atoms with Crippen LogP contribution in [0.5, 0.6) is 11.5 Å². The Morgan fingerprint density at radius 2 is 1.96 bits per heavy atom. The fraction of sp³-hybridized carbons (Fsp3) is 0.375. The zero-order valence-electron chi connectivity index (χ0n) is 12.9. The molecule has 0 atom stereocenters. The van der Waals surface area contributed by atoms with Crippen LogP contribution in [0.2, 0.25) is 0 Å². The average molecular weight is 317 g/mol. The van der Waals surface area contributed by atoms with Crippen LogP contribution in [-0.2, 0) is 17.8 Å². The van der Waals surface area contributed by atoms with E-state index in [1.54, 1.807) is 17.0 Å². The zero-order chi connectivity index (χ0) is 16.2. The molecule has 3 rings (SSSR count). The first-order chi connectivity index (χ1) is 11.2. The van der Waals surface area contributed by atoms with Gasteiger partial charge in [-0.1, -0.05) is 12.1 Å². The number of rotatable bonds is 5. The second kappa shape index (κ2) is 6.60. The Morgan fingerprint density at radius 1 is 1.22 bits per heavy atom. The molecule has 1 aromatic heterocycles. The van der Waals surface area contributed by atoms with Crippen molar-refractivity contribution >= 4 is 5.91 Å². The fourth-order valence-corrected chi connectivity index (χ4v) is 2.62. The maximum Gasteiger partial charge on any atom is 0.267 e. The Kier molecular flexibility index (Phi) is 4.36. The molecule has 0 spiro atoms. The summed E-state index contributed by atoms with van der Waals surface area (Å²) in [5, 5.41) is 5.37. The number of hydrogen-bond acceptors (Lipinski definition) is 4. The highest BCUT2D eigenvalue weighted by Gasteiger charge is 2.24. The second-order valence-electron chi connectivity index (χ2n) is 5.27. The van der Waals surface area contributed by atoms with Gasteiger partial charge in [-0.2, -0.15) is 0 Å². The number of benzene rings is 1. The Morgan fingerprint density at radius 3 is 2.70 bits per heavy atom. The molecule has 0 radical (unpaired) electrons. The minimum atomic E-state index is -0.121. The molecule has 2 N–H and O–H groups in total. The number of aromatic nitrogens is 2. The standard InChI is InChI=1S/C16H19N3O4/c1-2-22-13-5-3-4-6-14(13)23-10-15(20)19-8-7-11-12(9-19)17-18-16(11)21/h3-6H,2,7-10H2,1H3,(H2,17,18,21). The molecule has 2 aromatic rings. The largest absolute Gasteiger partial charge is 0.490 e. The van der Waals surface area contributed by atoms with Crippen LogP contribution in [0.1, 0.15) is 18.2 Å². The zero-order valence-corrected chi connectivity index (χ0v) is 12.9. The lowest BCUT2D eigenvalue weighted by Gasteiger charge is -2.26. The molecule has 0 unspecified atom stereocenters. The summed E-state index contributed by atoms with van der Waals surface area (Å²) in [6.07, 6.45) is 0.551. The van der Waals surface area contributed by atoms with Crippen LogP contribution in [0, 0.1) is 0 Å². The molecule has 23 heavy (non-hydrogen) atoms. The number of H-pyrrole nitrogens is 2. The van der Waals surface area contributed by atoms with E-state index in [9.17, 15) is 9.59 Å². The van der Waals surface area contributed by atoms with Gasteiger partial charge in [0.25, 0.3) is 11.5 Å². The van der Waals surface area contributed by atoms with E-state index in [-0.39, 0.29) is 18.1 Å². The molecule has 0 saturated carbocycles. The van der Waals surface area contributed by atoms with Crippen molar-refractivity contribution in [2.45, 2.75) is 19.9 Å². The van der Waals surface area contributed by atoms with E-state index in [1.807, 2.05) is 19.1 Å². The van der Waals surface area contributed by atoms with Crippen LogP contribution in [0.15, 0.2) is 29.1 Å². The summed E-state index contributed by atoms with van der Waals surface area (Å²) in [6, 6.07) is 7.27. The number of carbonyl (C=O) groups is 1. The third kappa shape index (κ3) is 3.23. The van der Waals surface area contributed by atoms with Gasteiger partial charge < -0.3 is 19.5 Å². The van der Waals surface area contributed by atoms with Gasteiger partial charge in [0.2, 0.25) is 0 Å². The van der Waals surface area contributed by atoms with Crippen LogP contribution in [0.25, 0.3) is 0 Å². The van der Waals surface area contributed by atoms with E-state index in [2.05, 4.69) is 10.2 Å². The lowest BCUT2D eigenvalue weighted by molar-refractivity contribution is -0.134. The highest BCUT2D eigenvalue weighted by molar-refractivity contribution is 5.78. The van der Waals surface area contributed by atoms with E-state index in [0.29, 0.717) is 37.6 Å². The molecule has 122 valence electrons. The lowest BCUT2D eigenvalue weighted by Crippen LogP contribution is -2.39. The molecule has 7 heteroatoms. The number of fused-ring (bicyclic) bond motifs is 1. The van der Waals surface area contributed by atoms with Crippen molar-refractivity contribution in [3.63, 3.8) is 0 Å². The summed E-state index contributed by atoms with van der Waals surface area (Å²) in [5.74, 6) is 1.05. The SMILES string of the molecule is CCOc1ccccc1OCC(=O)N1CCc2c([nH][nH]c2=O)C1. The van der Waals surface area contributed by atoms with Crippen molar-refractivity contribution in [2.24, 2.45) is 0 Å². The van der Waals surface area contributed by atoms with Gasteiger partial charge in [-0.05, 0) is 25.5 Å². The van der Waals surface area contributed by atoms with Gasteiger partial charge in [-0.3, -0.25) is 14.7 Å². The Balaban J connectivity index is 1.61. The van der Waals surface area contributed by atoms with Crippen molar-refractivity contribution in [3.8, 4) is 11.5 Å². The number of nitrogens with zero attached hydrogens (tertiary/aromatic N) is 1. The van der Waals surface area contributed by atoms with Crippen LogP contribution in [0.4, 0.5) is 0 Å². The maximum absolute atomic E-state index is 12.3. The number of hydrogen-bond donors (Lipinski definition) is 2. The Bertz CT molecular complexity index is 750. The topological polar surface area (TPSA) is 87.4 Å². The van der Waals surface area contributed by atoms with Crippen LogP contribution in [-0.4, -0.2) is 40.8 Å². The van der Waals surface area contributed by atoms with Crippen molar-refractivity contribution in [1.29, 1.82) is 0 Å². The smallest absolute Gasteiger partial charge is 0.267 e. The molecule has 1 aliphatic heterocycles. The third-order valence-corrected chi connectivity index (χ3v) is 3.80. The van der Waals surface area contributed by atoms with Gasteiger partial charge in [-0.15, -0.1) is 0 Å². The minimum absolute atomic E-state index is 0.0614. The van der Waals surface area contributed by atoms with Gasteiger partial charge in [0.15, 0.2) is 18.1 Å². The number of amides is 1. The molecular formula is C16H19N3O4. The summed E-state index contributed by atoms with van der Waals surface area (Å²) >= 11 is 0. The van der Waals surface area contributed by atoms with Crippen molar-refractivity contribution in [1.82, 2.24) is 15.1 Å². The van der Waals surface area contributed by atoms with Crippen LogP contribution in [0.3, 0.4) is 0 Å². The van der Waals surface area contributed by atoms with Crippen LogP contribution < -0.4 is 15.0 Å². The summed E-state index contributed by atoms with van der Waals surface area (Å²) in [4.78, 5) is 25.5. The molecule has 2 heterocycles. The number of ether oxygens (including phenoxy) is 2. The predicted molar refractivity (Wildman–Crippen MR) is 83.6 cm³/mol. The van der Waals surface area contributed by atoms with Gasteiger partial charge in [0.1, 0.15) is 0 Å². The van der Waals surface area contributed by atoms with E-state index in [1.165, 1.54) is 0 Å². The van der Waals surface area contributed by atoms with Crippen molar-refractivity contribution in [2.75, 3.05) is 19.8 Å². The monoisotopic (exact) mass is 317 g/mol. The van der Waals surface area contributed by atoms with E-state index in [4.69, 9.17) is 9.47 Å². The second-order valence-corrected chi connectivity index (χ2v) is 5.27. The number of para-hydroxylation sites is 2. The first-order valence-corrected chi connectivity index (χ1v) is 7.60. The quantitative estimate of drug-likeness (QED) is 0.863. The maximum atomic E-state index is 12.3. The highest BCUT2D eigenvalue weighted by atomic mass is 16.5. The van der Waals surface area contributed by atoms with E-state index in [0.717, 1.165) is 11.3 Å². The van der Waals surface area contributed by atoms with Crippen molar-refractivity contribution in [3.05, 3.63) is 45.9 Å². The molecule has 0 aliphatic carbocycles. The lowest BCUT2D eigenvalue weighted by atomic mass is 10.1. The van der Waals surface area contributed by atoms with Gasteiger partial charge in [0, 0.05) is 12.1 Å². The normalized spacial score (nSPS) is 13.5. The highest BCUT2D eigenvalue weighted by Crippen LogP contribution is 2.26. The molecule has 0 saturated heterocycles. The number of aromatic amines is 2. The summed E-state index contributed by atoms with van der Waals surface area (Å²) < 4.78 is 11.1. The molecule has 1 amide bonds. The molecule has 1 aliphatic rings. The number of nitrogens with one attached hydrogen (secondary N) is 2. The van der Waals surface area contributed by atoms with E-state index < -0.39 is 0 Å².